The third kappa shape index (κ3) is 2.29. The Hall–Kier alpha value is -1.66. The van der Waals surface area contributed by atoms with Gasteiger partial charge in [-0.25, -0.2) is 10.8 Å². The molecule has 1 aliphatic rings. The van der Waals surface area contributed by atoms with Crippen molar-refractivity contribution in [2.45, 2.75) is 0 Å². The number of hydrazine groups is 1. The van der Waals surface area contributed by atoms with Crippen molar-refractivity contribution in [1.29, 1.82) is 0 Å². The number of nitrogens with one attached hydrogen (secondary N) is 1. The van der Waals surface area contributed by atoms with E-state index in [0.717, 1.165) is 0 Å². The Bertz CT molecular complexity index is 377. The van der Waals surface area contributed by atoms with Gasteiger partial charge < -0.3 is 15.1 Å². The van der Waals surface area contributed by atoms with Gasteiger partial charge >= 0.3 is 0 Å². The third-order valence-electron chi connectivity index (χ3n) is 2.41. The number of carbonyl (C=O) groups excluding carboxylic acids is 1. The Balaban J connectivity index is 2.12. The fourth-order valence-corrected chi connectivity index (χ4v) is 1.56. The third-order valence-corrected chi connectivity index (χ3v) is 2.41. The molecule has 0 atom stereocenters. The average Bonchev–Trinajstić information content (AvgIpc) is 2.39. The molecular formula is C10H14N4O2. The van der Waals surface area contributed by atoms with Crippen LogP contribution in [0.1, 0.15) is 10.5 Å². The van der Waals surface area contributed by atoms with Crippen molar-refractivity contribution in [3.63, 3.8) is 0 Å². The molecule has 2 rings (SSSR count). The van der Waals surface area contributed by atoms with Crippen molar-refractivity contribution in [3.8, 4) is 0 Å². The summed E-state index contributed by atoms with van der Waals surface area (Å²) in [6, 6.07) is 5.13. The Labute approximate surface area is 93.4 Å². The minimum atomic E-state index is -0.0830. The lowest BCUT2D eigenvalue weighted by molar-refractivity contribution is 0.0299. The molecule has 16 heavy (non-hydrogen) atoms. The number of amides is 1. The largest absolute Gasteiger partial charge is 0.378 e. The predicted octanol–water partition coefficient (Wildman–Crippen LogP) is -0.160. The molecule has 1 fully saturated rings. The molecule has 0 aromatic carbocycles. The number of rotatable bonds is 2. The summed E-state index contributed by atoms with van der Waals surface area (Å²) in [5, 5.41) is 0. The van der Waals surface area contributed by atoms with Crippen molar-refractivity contribution in [2.75, 3.05) is 31.7 Å². The zero-order valence-corrected chi connectivity index (χ0v) is 8.85. The van der Waals surface area contributed by atoms with E-state index in [9.17, 15) is 4.79 Å². The van der Waals surface area contributed by atoms with E-state index < -0.39 is 0 Å². The molecule has 0 radical (unpaired) electrons. The molecule has 1 saturated heterocycles. The summed E-state index contributed by atoms with van der Waals surface area (Å²) in [5.74, 6) is 5.64. The van der Waals surface area contributed by atoms with Crippen molar-refractivity contribution < 1.29 is 9.53 Å². The van der Waals surface area contributed by atoms with Crippen LogP contribution in [0.4, 0.5) is 5.82 Å². The number of morpholine rings is 1. The van der Waals surface area contributed by atoms with E-state index in [1.54, 1.807) is 23.1 Å². The van der Waals surface area contributed by atoms with Gasteiger partial charge in [-0.1, -0.05) is 6.07 Å². The molecule has 0 bridgehead atoms. The monoisotopic (exact) mass is 222 g/mol. The zero-order valence-electron chi connectivity index (χ0n) is 8.85. The van der Waals surface area contributed by atoms with Crippen LogP contribution in [0.15, 0.2) is 18.2 Å². The van der Waals surface area contributed by atoms with Gasteiger partial charge in [0.1, 0.15) is 11.5 Å². The summed E-state index contributed by atoms with van der Waals surface area (Å²) in [7, 11) is 0. The highest BCUT2D eigenvalue weighted by molar-refractivity contribution is 5.92. The molecule has 0 aliphatic carbocycles. The fourth-order valence-electron chi connectivity index (χ4n) is 1.56. The lowest BCUT2D eigenvalue weighted by Crippen LogP contribution is -2.41. The number of hydrogen-bond acceptors (Lipinski definition) is 5. The minimum absolute atomic E-state index is 0.0830. The Morgan fingerprint density at radius 2 is 2.19 bits per heavy atom. The van der Waals surface area contributed by atoms with Crippen molar-refractivity contribution in [3.05, 3.63) is 23.9 Å². The maximum absolute atomic E-state index is 12.0. The van der Waals surface area contributed by atoms with E-state index in [-0.39, 0.29) is 5.91 Å². The normalized spacial score (nSPS) is 15.9. The van der Waals surface area contributed by atoms with Crippen molar-refractivity contribution in [2.24, 2.45) is 5.84 Å². The first kappa shape index (κ1) is 10.8. The molecule has 1 aliphatic heterocycles. The molecule has 0 saturated carbocycles. The van der Waals surface area contributed by atoms with Gasteiger partial charge in [-0.3, -0.25) is 4.79 Å². The topological polar surface area (TPSA) is 80.5 Å². The van der Waals surface area contributed by atoms with Crippen LogP contribution in [0.2, 0.25) is 0 Å². The molecule has 0 spiro atoms. The molecular weight excluding hydrogens is 208 g/mol. The SMILES string of the molecule is NNc1cccc(C(=O)N2CCOCC2)n1. The summed E-state index contributed by atoms with van der Waals surface area (Å²) in [5.41, 5.74) is 2.82. The van der Waals surface area contributed by atoms with Crippen LogP contribution in [-0.4, -0.2) is 42.1 Å². The smallest absolute Gasteiger partial charge is 0.272 e. The molecule has 1 aromatic rings. The second-order valence-corrected chi connectivity index (χ2v) is 3.46. The molecule has 6 heteroatoms. The number of carbonyl (C=O) groups is 1. The number of ether oxygens (including phenoxy) is 1. The zero-order chi connectivity index (χ0) is 11.4. The number of anilines is 1. The van der Waals surface area contributed by atoms with Gasteiger partial charge in [-0.05, 0) is 12.1 Å². The second-order valence-electron chi connectivity index (χ2n) is 3.46. The summed E-state index contributed by atoms with van der Waals surface area (Å²) < 4.78 is 5.18. The first-order chi connectivity index (χ1) is 7.81. The first-order valence-corrected chi connectivity index (χ1v) is 5.12. The number of aromatic nitrogens is 1. The van der Waals surface area contributed by atoms with Crippen molar-refractivity contribution >= 4 is 11.7 Å². The standard InChI is InChI=1S/C10H14N4O2/c11-13-9-3-1-2-8(12-9)10(15)14-4-6-16-7-5-14/h1-3H,4-7,11H2,(H,12,13). The molecule has 0 unspecified atom stereocenters. The maximum Gasteiger partial charge on any atom is 0.272 e. The van der Waals surface area contributed by atoms with Crippen LogP contribution in [-0.2, 0) is 4.74 Å². The van der Waals surface area contributed by atoms with Crippen LogP contribution >= 0.6 is 0 Å². The van der Waals surface area contributed by atoms with E-state index in [0.29, 0.717) is 37.8 Å². The van der Waals surface area contributed by atoms with Gasteiger partial charge in [-0.2, -0.15) is 0 Å². The Kier molecular flexibility index (Phi) is 3.33. The van der Waals surface area contributed by atoms with E-state index >= 15 is 0 Å². The van der Waals surface area contributed by atoms with Gasteiger partial charge in [-0.15, -0.1) is 0 Å². The highest BCUT2D eigenvalue weighted by Gasteiger charge is 2.19. The number of nitrogens with zero attached hydrogens (tertiary/aromatic N) is 2. The highest BCUT2D eigenvalue weighted by atomic mass is 16.5. The molecule has 86 valence electrons. The summed E-state index contributed by atoms with van der Waals surface area (Å²) in [6.07, 6.45) is 0. The van der Waals surface area contributed by atoms with Crippen LogP contribution in [0.5, 0.6) is 0 Å². The van der Waals surface area contributed by atoms with Crippen LogP contribution < -0.4 is 11.3 Å². The fraction of sp³-hybridized carbons (Fsp3) is 0.400. The van der Waals surface area contributed by atoms with E-state index in [1.165, 1.54) is 0 Å². The Morgan fingerprint density at radius 1 is 1.44 bits per heavy atom. The first-order valence-electron chi connectivity index (χ1n) is 5.12. The van der Waals surface area contributed by atoms with Crippen LogP contribution in [0.25, 0.3) is 0 Å². The number of nitrogens with two attached hydrogens (primary N) is 1. The molecule has 3 N–H and O–H groups in total. The van der Waals surface area contributed by atoms with Crippen molar-refractivity contribution in [1.82, 2.24) is 9.88 Å². The Morgan fingerprint density at radius 3 is 2.88 bits per heavy atom. The highest BCUT2D eigenvalue weighted by Crippen LogP contribution is 2.08. The quantitative estimate of drug-likeness (QED) is 0.537. The van der Waals surface area contributed by atoms with E-state index in [4.69, 9.17) is 10.6 Å². The molecule has 2 heterocycles. The van der Waals surface area contributed by atoms with Crippen LogP contribution in [0.3, 0.4) is 0 Å². The molecule has 1 amide bonds. The number of pyridine rings is 1. The number of hydrogen-bond donors (Lipinski definition) is 2. The van der Waals surface area contributed by atoms with Gasteiger partial charge in [0.2, 0.25) is 0 Å². The predicted molar refractivity (Wildman–Crippen MR) is 58.8 cm³/mol. The minimum Gasteiger partial charge on any atom is -0.378 e. The lowest BCUT2D eigenvalue weighted by atomic mass is 10.3. The summed E-state index contributed by atoms with van der Waals surface area (Å²) in [6.45, 7) is 2.39. The van der Waals surface area contributed by atoms with E-state index in [1.807, 2.05) is 0 Å². The maximum atomic E-state index is 12.0. The van der Waals surface area contributed by atoms with Gasteiger partial charge in [0.25, 0.3) is 5.91 Å². The molecule has 1 aromatic heterocycles. The lowest BCUT2D eigenvalue weighted by Gasteiger charge is -2.26. The second kappa shape index (κ2) is 4.91. The summed E-state index contributed by atoms with van der Waals surface area (Å²) in [4.78, 5) is 17.8. The molecule has 6 nitrogen and oxygen atoms in total. The van der Waals surface area contributed by atoms with E-state index in [2.05, 4.69) is 10.4 Å². The summed E-state index contributed by atoms with van der Waals surface area (Å²) >= 11 is 0. The average molecular weight is 222 g/mol. The van der Waals surface area contributed by atoms with Crippen LogP contribution in [0, 0.1) is 0 Å². The van der Waals surface area contributed by atoms with Gasteiger partial charge in [0, 0.05) is 13.1 Å². The van der Waals surface area contributed by atoms with Gasteiger partial charge in [0.15, 0.2) is 0 Å². The van der Waals surface area contributed by atoms with Gasteiger partial charge in [0.05, 0.1) is 13.2 Å². The number of nitrogen functional groups attached to an aromatic ring is 1.